The van der Waals surface area contributed by atoms with Gasteiger partial charge in [0.05, 0.1) is 24.9 Å². The van der Waals surface area contributed by atoms with Gasteiger partial charge in [0.2, 0.25) is 0 Å². The van der Waals surface area contributed by atoms with Gasteiger partial charge in [-0.1, -0.05) is 0 Å². The van der Waals surface area contributed by atoms with Crippen LogP contribution in [0.5, 0.6) is 0 Å². The van der Waals surface area contributed by atoms with Gasteiger partial charge in [-0.25, -0.2) is 0 Å². The molecule has 2 atom stereocenters. The molecule has 0 aliphatic carbocycles. The van der Waals surface area contributed by atoms with Crippen LogP contribution in [0.1, 0.15) is 6.42 Å². The third kappa shape index (κ3) is 0.783. The van der Waals surface area contributed by atoms with Crippen molar-refractivity contribution in [2.75, 3.05) is 18.1 Å². The summed E-state index contributed by atoms with van der Waals surface area (Å²) in [6.45, 7) is 1.90. The predicted molar refractivity (Wildman–Crippen MR) is 44.1 cm³/mol. The molecule has 0 amide bonds. The number of H-pyrrole nitrogens is 1. The molecule has 2 aliphatic heterocycles. The first-order valence-corrected chi connectivity index (χ1v) is 4.31. The van der Waals surface area contributed by atoms with Crippen LogP contribution < -0.4 is 4.90 Å². The third-order valence-corrected chi connectivity index (χ3v) is 2.70. The van der Waals surface area contributed by atoms with Gasteiger partial charge in [0.15, 0.2) is 0 Å². The molecule has 0 spiro atoms. The second-order valence-corrected chi connectivity index (χ2v) is 3.44. The van der Waals surface area contributed by atoms with E-state index < -0.39 is 0 Å². The number of rotatable bonds is 1. The van der Waals surface area contributed by atoms with Crippen molar-refractivity contribution >= 4 is 5.82 Å². The Hall–Kier alpha value is -1.03. The molecule has 4 nitrogen and oxygen atoms in total. The van der Waals surface area contributed by atoms with Crippen LogP contribution in [0.25, 0.3) is 0 Å². The van der Waals surface area contributed by atoms with E-state index >= 15 is 0 Å². The number of morpholine rings is 1. The molecule has 2 bridgehead atoms. The minimum Gasteiger partial charge on any atom is -0.374 e. The summed E-state index contributed by atoms with van der Waals surface area (Å²) >= 11 is 0. The van der Waals surface area contributed by atoms with Gasteiger partial charge in [0.25, 0.3) is 0 Å². The lowest BCUT2D eigenvalue weighted by Crippen LogP contribution is -2.37. The molecule has 0 saturated carbocycles. The Morgan fingerprint density at radius 3 is 3.25 bits per heavy atom. The summed E-state index contributed by atoms with van der Waals surface area (Å²) in [5.74, 6) is 1.13. The van der Waals surface area contributed by atoms with Gasteiger partial charge < -0.3 is 9.64 Å². The number of nitrogens with one attached hydrogen (secondary N) is 1. The quantitative estimate of drug-likeness (QED) is 0.654. The van der Waals surface area contributed by atoms with Crippen LogP contribution in [0.3, 0.4) is 0 Å². The zero-order valence-electron chi connectivity index (χ0n) is 6.73. The van der Waals surface area contributed by atoms with E-state index in [-0.39, 0.29) is 0 Å². The molecule has 1 aromatic heterocycles. The minimum absolute atomic E-state index is 0.457. The van der Waals surface area contributed by atoms with Gasteiger partial charge in [-0.05, 0) is 6.42 Å². The van der Waals surface area contributed by atoms with Gasteiger partial charge in [-0.2, -0.15) is 5.10 Å². The Morgan fingerprint density at radius 1 is 1.67 bits per heavy atom. The van der Waals surface area contributed by atoms with E-state index in [1.54, 1.807) is 6.20 Å². The van der Waals surface area contributed by atoms with Crippen molar-refractivity contribution in [3.05, 3.63) is 12.3 Å². The second-order valence-electron chi connectivity index (χ2n) is 3.44. The van der Waals surface area contributed by atoms with E-state index in [1.807, 2.05) is 6.07 Å². The first-order valence-electron chi connectivity index (χ1n) is 4.31. The smallest absolute Gasteiger partial charge is 0.124 e. The molecule has 64 valence electrons. The van der Waals surface area contributed by atoms with Crippen molar-refractivity contribution in [3.63, 3.8) is 0 Å². The van der Waals surface area contributed by atoms with Crippen LogP contribution >= 0.6 is 0 Å². The molecular weight excluding hydrogens is 154 g/mol. The zero-order valence-corrected chi connectivity index (χ0v) is 6.73. The van der Waals surface area contributed by atoms with Gasteiger partial charge in [-0.3, -0.25) is 5.10 Å². The third-order valence-electron chi connectivity index (χ3n) is 2.70. The highest BCUT2D eigenvalue weighted by atomic mass is 16.5. The van der Waals surface area contributed by atoms with Gasteiger partial charge >= 0.3 is 0 Å². The Morgan fingerprint density at radius 2 is 2.67 bits per heavy atom. The van der Waals surface area contributed by atoms with Crippen LogP contribution in [0.2, 0.25) is 0 Å². The summed E-state index contributed by atoms with van der Waals surface area (Å²) in [6, 6.07) is 2.59. The van der Waals surface area contributed by atoms with Crippen molar-refractivity contribution < 1.29 is 4.74 Å². The number of hydrogen-bond donors (Lipinski definition) is 1. The van der Waals surface area contributed by atoms with E-state index in [9.17, 15) is 0 Å². The van der Waals surface area contributed by atoms with Gasteiger partial charge in [-0.15, -0.1) is 0 Å². The molecule has 2 fully saturated rings. The fourth-order valence-corrected chi connectivity index (χ4v) is 2.10. The summed E-state index contributed by atoms with van der Waals surface area (Å²) < 4.78 is 5.50. The van der Waals surface area contributed by atoms with Crippen LogP contribution in [0.15, 0.2) is 12.3 Å². The highest BCUT2D eigenvalue weighted by molar-refractivity contribution is 5.41. The average Bonchev–Trinajstić information content (AvgIpc) is 2.81. The number of fused-ring (bicyclic) bond motifs is 2. The summed E-state index contributed by atoms with van der Waals surface area (Å²) in [7, 11) is 0. The molecule has 0 unspecified atom stereocenters. The Bertz CT molecular complexity index is 272. The van der Waals surface area contributed by atoms with E-state index in [2.05, 4.69) is 15.1 Å². The largest absolute Gasteiger partial charge is 0.374 e. The number of anilines is 1. The van der Waals surface area contributed by atoms with Crippen LogP contribution in [-0.4, -0.2) is 35.5 Å². The average molecular weight is 165 g/mol. The molecule has 12 heavy (non-hydrogen) atoms. The number of aromatic nitrogens is 2. The fourth-order valence-electron chi connectivity index (χ4n) is 2.10. The summed E-state index contributed by atoms with van der Waals surface area (Å²) in [4.78, 5) is 2.35. The lowest BCUT2D eigenvalue weighted by Gasteiger charge is -2.26. The van der Waals surface area contributed by atoms with Crippen molar-refractivity contribution in [2.24, 2.45) is 0 Å². The molecular formula is C8H11N3O. The zero-order chi connectivity index (χ0) is 7.97. The van der Waals surface area contributed by atoms with Gasteiger partial charge in [0, 0.05) is 12.6 Å². The van der Waals surface area contributed by atoms with E-state index in [4.69, 9.17) is 4.74 Å². The van der Waals surface area contributed by atoms with E-state index in [0.29, 0.717) is 12.1 Å². The summed E-state index contributed by atoms with van der Waals surface area (Å²) in [5, 5.41) is 6.93. The maximum atomic E-state index is 5.50. The monoisotopic (exact) mass is 165 g/mol. The van der Waals surface area contributed by atoms with Crippen LogP contribution in [0, 0.1) is 0 Å². The van der Waals surface area contributed by atoms with Crippen LogP contribution in [-0.2, 0) is 4.74 Å². The maximum Gasteiger partial charge on any atom is 0.124 e. The second kappa shape index (κ2) is 2.23. The van der Waals surface area contributed by atoms with E-state index in [0.717, 1.165) is 19.0 Å². The topological polar surface area (TPSA) is 41.1 Å². The van der Waals surface area contributed by atoms with Gasteiger partial charge in [0.1, 0.15) is 5.82 Å². The van der Waals surface area contributed by atoms with Crippen molar-refractivity contribution in [3.8, 4) is 0 Å². The lowest BCUT2D eigenvalue weighted by molar-refractivity contribution is 0.0989. The molecule has 3 rings (SSSR count). The maximum absolute atomic E-state index is 5.50. The highest BCUT2D eigenvalue weighted by Crippen LogP contribution is 2.30. The predicted octanol–water partition coefficient (Wildman–Crippen LogP) is 0.387. The molecule has 1 aromatic rings. The van der Waals surface area contributed by atoms with Crippen LogP contribution in [0.4, 0.5) is 5.82 Å². The molecule has 4 heteroatoms. The molecule has 2 saturated heterocycles. The molecule has 2 aliphatic rings. The summed E-state index contributed by atoms with van der Waals surface area (Å²) in [6.07, 6.45) is 3.43. The first kappa shape index (κ1) is 6.48. The molecule has 1 N–H and O–H groups in total. The Kier molecular flexibility index (Phi) is 1.20. The van der Waals surface area contributed by atoms with Crippen molar-refractivity contribution in [1.29, 1.82) is 0 Å². The normalized spacial score (nSPS) is 33.2. The summed E-state index contributed by atoms with van der Waals surface area (Å²) in [5.41, 5.74) is 0. The molecule has 3 heterocycles. The van der Waals surface area contributed by atoms with Crippen molar-refractivity contribution in [1.82, 2.24) is 10.2 Å². The standard InChI is InChI=1S/C8H11N3O/c1-2-9-10-8(1)11-4-7-3-6(11)5-12-7/h1-2,6-7H,3-5H2,(H,9,10)/t6-,7-/m1/s1. The number of hydrogen-bond acceptors (Lipinski definition) is 3. The molecule has 0 radical (unpaired) electrons. The number of aromatic amines is 1. The molecule has 0 aromatic carbocycles. The van der Waals surface area contributed by atoms with Crippen molar-refractivity contribution in [2.45, 2.75) is 18.6 Å². The SMILES string of the molecule is c1cc(N2C[C@H]3C[C@@H]2CO3)[nH]n1. The Labute approximate surface area is 70.5 Å². The van der Waals surface area contributed by atoms with E-state index in [1.165, 1.54) is 6.42 Å². The fraction of sp³-hybridized carbons (Fsp3) is 0.625. The lowest BCUT2D eigenvalue weighted by atomic mass is 10.2. The first-order chi connectivity index (χ1) is 5.93. The number of ether oxygens (including phenoxy) is 1. The minimum atomic E-state index is 0.457. The number of nitrogens with zero attached hydrogens (tertiary/aromatic N) is 2. The Balaban J connectivity index is 1.87. The highest BCUT2D eigenvalue weighted by Gasteiger charge is 2.39.